The molecular formula is C35H38. The van der Waals surface area contributed by atoms with Gasteiger partial charge in [0.15, 0.2) is 0 Å². The lowest BCUT2D eigenvalue weighted by molar-refractivity contribution is 0.769. The van der Waals surface area contributed by atoms with E-state index in [-0.39, 0.29) is 5.41 Å². The quantitative estimate of drug-likeness (QED) is 0.242. The zero-order chi connectivity index (χ0) is 25.3. The van der Waals surface area contributed by atoms with Gasteiger partial charge in [-0.05, 0) is 44.2 Å². The van der Waals surface area contributed by atoms with Crippen LogP contribution < -0.4 is 0 Å². The molecule has 0 N–H and O–H groups in total. The molecule has 0 saturated carbocycles. The maximum absolute atomic E-state index is 2.34. The van der Waals surface area contributed by atoms with Gasteiger partial charge in [-0.15, -0.1) is 0 Å². The summed E-state index contributed by atoms with van der Waals surface area (Å²) in [5.74, 6) is 0. The molecule has 0 unspecified atom stereocenters. The molecular weight excluding hydrogens is 420 g/mol. The van der Waals surface area contributed by atoms with Crippen molar-refractivity contribution in [1.29, 1.82) is 0 Å². The Morgan fingerprint density at radius 3 is 1.49 bits per heavy atom. The summed E-state index contributed by atoms with van der Waals surface area (Å²) in [7, 11) is 0. The molecule has 5 aromatic rings. The van der Waals surface area contributed by atoms with Crippen LogP contribution in [0.15, 0.2) is 121 Å². The predicted octanol–water partition coefficient (Wildman–Crippen LogP) is 10.3. The number of fused-ring (bicyclic) bond motifs is 5. The van der Waals surface area contributed by atoms with Crippen molar-refractivity contribution in [2.24, 2.45) is 0 Å². The minimum absolute atomic E-state index is 0.307. The highest BCUT2D eigenvalue weighted by molar-refractivity contribution is 6.03. The van der Waals surface area contributed by atoms with Gasteiger partial charge < -0.3 is 0 Å². The van der Waals surface area contributed by atoms with E-state index in [0.29, 0.717) is 0 Å². The Morgan fingerprint density at radius 1 is 0.400 bits per heavy atom. The van der Waals surface area contributed by atoms with Crippen LogP contribution >= 0.6 is 0 Å². The third kappa shape index (κ3) is 4.30. The molecule has 0 heteroatoms. The summed E-state index contributed by atoms with van der Waals surface area (Å²) in [4.78, 5) is 0. The fourth-order valence-electron chi connectivity index (χ4n) is 5.21. The molecule has 0 nitrogen and oxygen atoms in total. The third-order valence-electron chi connectivity index (χ3n) is 6.35. The highest BCUT2D eigenvalue weighted by Crippen LogP contribution is 2.57. The summed E-state index contributed by atoms with van der Waals surface area (Å²) in [6.45, 7) is 12.0. The predicted molar refractivity (Wildman–Crippen MR) is 155 cm³/mol. The lowest BCUT2D eigenvalue weighted by atomic mass is 9.67. The summed E-state index contributed by atoms with van der Waals surface area (Å²) in [5, 5.41) is 2.61. The molecule has 0 bridgehead atoms. The molecule has 0 atom stereocenters. The lowest BCUT2D eigenvalue weighted by Crippen LogP contribution is -2.28. The molecule has 5 aromatic carbocycles. The first-order valence-electron chi connectivity index (χ1n) is 13.1. The molecule has 0 aliphatic heterocycles. The number of hydrogen-bond donors (Lipinski definition) is 0. The Balaban J connectivity index is 0.000000533. The topological polar surface area (TPSA) is 0 Å². The minimum atomic E-state index is -0.307. The highest BCUT2D eigenvalue weighted by atomic mass is 14.5. The van der Waals surface area contributed by atoms with E-state index in [2.05, 4.69) is 121 Å². The molecule has 0 saturated heterocycles. The Kier molecular flexibility index (Phi) is 9.04. The summed E-state index contributed by atoms with van der Waals surface area (Å²) in [5.41, 5.74) is 7.76. The van der Waals surface area contributed by atoms with E-state index < -0.39 is 0 Å². The molecule has 35 heavy (non-hydrogen) atoms. The molecule has 0 aromatic heterocycles. The van der Waals surface area contributed by atoms with Crippen LogP contribution in [0.4, 0.5) is 0 Å². The molecule has 0 spiro atoms. The fraction of sp³-hybridized carbons (Fsp3) is 0.200. The van der Waals surface area contributed by atoms with E-state index in [1.807, 2.05) is 41.5 Å². The lowest BCUT2D eigenvalue weighted by Gasteiger charge is -2.33. The van der Waals surface area contributed by atoms with E-state index >= 15 is 0 Å². The maximum Gasteiger partial charge on any atom is 0.0713 e. The standard InChI is InChI=1S/C29H20.3C2H6/c1-3-12-22(13-4-1)29(23-14-5-2-6-15-23)26-18-10-9-17-25(26)28-24-16-8-7-11-21(24)19-20-27(28)29;3*1-2/h1-20H;3*1-2H3. The fourth-order valence-corrected chi connectivity index (χ4v) is 5.21. The van der Waals surface area contributed by atoms with Crippen LogP contribution in [0.5, 0.6) is 0 Å². The van der Waals surface area contributed by atoms with E-state index in [9.17, 15) is 0 Å². The second-order valence-electron chi connectivity index (χ2n) is 7.74. The van der Waals surface area contributed by atoms with E-state index in [1.165, 1.54) is 44.2 Å². The largest absolute Gasteiger partial charge is 0.0713 e. The van der Waals surface area contributed by atoms with Crippen molar-refractivity contribution >= 4 is 10.8 Å². The van der Waals surface area contributed by atoms with Crippen LogP contribution in [-0.2, 0) is 5.41 Å². The van der Waals surface area contributed by atoms with Crippen molar-refractivity contribution in [2.45, 2.75) is 47.0 Å². The molecule has 0 fully saturated rings. The van der Waals surface area contributed by atoms with Gasteiger partial charge in [0.25, 0.3) is 0 Å². The van der Waals surface area contributed by atoms with Crippen LogP contribution in [0, 0.1) is 0 Å². The van der Waals surface area contributed by atoms with Crippen molar-refractivity contribution in [3.8, 4) is 11.1 Å². The van der Waals surface area contributed by atoms with Gasteiger partial charge >= 0.3 is 0 Å². The van der Waals surface area contributed by atoms with E-state index in [0.717, 1.165) is 0 Å². The Bertz CT molecular complexity index is 1290. The van der Waals surface area contributed by atoms with Crippen molar-refractivity contribution < 1.29 is 0 Å². The summed E-state index contributed by atoms with van der Waals surface area (Å²) >= 11 is 0. The van der Waals surface area contributed by atoms with Crippen molar-refractivity contribution in [3.63, 3.8) is 0 Å². The van der Waals surface area contributed by atoms with Gasteiger partial charge in [0.2, 0.25) is 0 Å². The SMILES string of the molecule is CC.CC.CC.c1ccc(C2(c3ccccc3)c3ccccc3-c3c2ccc2ccccc32)cc1. The molecule has 178 valence electrons. The zero-order valence-electron chi connectivity index (χ0n) is 22.0. The molecule has 0 radical (unpaired) electrons. The zero-order valence-corrected chi connectivity index (χ0v) is 22.0. The van der Waals surface area contributed by atoms with Gasteiger partial charge in [-0.1, -0.05) is 163 Å². The van der Waals surface area contributed by atoms with Crippen molar-refractivity contribution in [2.75, 3.05) is 0 Å². The summed E-state index contributed by atoms with van der Waals surface area (Å²) in [6.07, 6.45) is 0. The van der Waals surface area contributed by atoms with Crippen LogP contribution in [0.3, 0.4) is 0 Å². The van der Waals surface area contributed by atoms with Crippen LogP contribution in [0.25, 0.3) is 21.9 Å². The van der Waals surface area contributed by atoms with Crippen LogP contribution in [-0.4, -0.2) is 0 Å². The second-order valence-corrected chi connectivity index (χ2v) is 7.74. The van der Waals surface area contributed by atoms with Gasteiger partial charge in [0.1, 0.15) is 0 Å². The minimum Gasteiger partial charge on any atom is -0.0683 e. The first-order chi connectivity index (χ1) is 17.4. The van der Waals surface area contributed by atoms with Gasteiger partial charge in [0.05, 0.1) is 5.41 Å². The maximum atomic E-state index is 2.34. The average molecular weight is 459 g/mol. The van der Waals surface area contributed by atoms with Gasteiger partial charge in [-0.25, -0.2) is 0 Å². The first-order valence-corrected chi connectivity index (χ1v) is 13.1. The first kappa shape index (κ1) is 26.0. The smallest absolute Gasteiger partial charge is 0.0683 e. The van der Waals surface area contributed by atoms with E-state index in [1.54, 1.807) is 0 Å². The van der Waals surface area contributed by atoms with E-state index in [4.69, 9.17) is 0 Å². The van der Waals surface area contributed by atoms with Crippen LogP contribution in [0.2, 0.25) is 0 Å². The number of rotatable bonds is 2. The molecule has 1 aliphatic carbocycles. The van der Waals surface area contributed by atoms with Crippen LogP contribution in [0.1, 0.15) is 63.8 Å². The van der Waals surface area contributed by atoms with Gasteiger partial charge in [-0.2, -0.15) is 0 Å². The van der Waals surface area contributed by atoms with Gasteiger partial charge in [-0.3, -0.25) is 0 Å². The Morgan fingerprint density at radius 2 is 0.886 bits per heavy atom. The molecule has 0 heterocycles. The monoisotopic (exact) mass is 458 g/mol. The second kappa shape index (κ2) is 12.2. The summed E-state index contributed by atoms with van der Waals surface area (Å²) < 4.78 is 0. The van der Waals surface area contributed by atoms with Gasteiger partial charge in [0, 0.05) is 0 Å². The normalized spacial score (nSPS) is 11.9. The summed E-state index contributed by atoms with van der Waals surface area (Å²) in [6, 6.07) is 44.2. The molecule has 6 rings (SSSR count). The third-order valence-corrected chi connectivity index (χ3v) is 6.35. The highest BCUT2D eigenvalue weighted by Gasteiger charge is 2.46. The Hall–Kier alpha value is -3.64. The Labute approximate surface area is 212 Å². The number of benzene rings is 5. The molecule has 0 amide bonds. The number of hydrogen-bond acceptors (Lipinski definition) is 0. The van der Waals surface area contributed by atoms with Crippen molar-refractivity contribution in [3.05, 3.63) is 144 Å². The molecule has 1 aliphatic rings. The average Bonchev–Trinajstić information content (AvgIpc) is 3.29. The van der Waals surface area contributed by atoms with Crippen molar-refractivity contribution in [1.82, 2.24) is 0 Å².